The van der Waals surface area contributed by atoms with Crippen LogP contribution in [0.25, 0.3) is 17.0 Å². The number of rotatable bonds is 5. The van der Waals surface area contributed by atoms with Crippen LogP contribution in [0.15, 0.2) is 24.4 Å². The number of aryl methyl sites for hydroxylation is 1. The van der Waals surface area contributed by atoms with Crippen molar-refractivity contribution >= 4 is 41.0 Å². The molecule has 0 spiro atoms. The van der Waals surface area contributed by atoms with Crippen molar-refractivity contribution in [3.63, 3.8) is 0 Å². The van der Waals surface area contributed by atoms with Crippen molar-refractivity contribution in [1.82, 2.24) is 24.3 Å². The van der Waals surface area contributed by atoms with E-state index < -0.39 is 17.5 Å². The molecule has 0 saturated carbocycles. The van der Waals surface area contributed by atoms with E-state index in [1.165, 1.54) is 25.3 Å². The van der Waals surface area contributed by atoms with Gasteiger partial charge in [0.05, 0.1) is 24.4 Å². The van der Waals surface area contributed by atoms with Gasteiger partial charge in [0.2, 0.25) is 5.78 Å². The molecule has 33 heavy (non-hydrogen) atoms. The van der Waals surface area contributed by atoms with E-state index >= 15 is 0 Å². The molecule has 11 heteroatoms. The van der Waals surface area contributed by atoms with E-state index in [0.717, 1.165) is 5.06 Å². The molecule has 0 saturated heterocycles. The third-order valence-electron chi connectivity index (χ3n) is 5.24. The molecule has 3 aromatic rings. The van der Waals surface area contributed by atoms with Gasteiger partial charge in [0, 0.05) is 40.6 Å². The lowest BCUT2D eigenvalue weighted by Crippen LogP contribution is -2.44. The Bertz CT molecular complexity index is 1240. The molecule has 2 heterocycles. The number of aromatic nitrogens is 3. The molecule has 0 radical (unpaired) electrons. The van der Waals surface area contributed by atoms with Gasteiger partial charge in [0.15, 0.2) is 5.69 Å². The first-order chi connectivity index (χ1) is 15.3. The number of benzene rings is 1. The summed E-state index contributed by atoms with van der Waals surface area (Å²) in [5.74, 6) is -0.194. The lowest BCUT2D eigenvalue weighted by Gasteiger charge is -2.34. The number of carbonyl (C=O) groups excluding carboxylic acids is 1. The van der Waals surface area contributed by atoms with Gasteiger partial charge < -0.3 is 5.11 Å². The fourth-order valence-corrected chi connectivity index (χ4v) is 3.91. The molecule has 0 bridgehead atoms. The number of imidazole rings is 1. The van der Waals surface area contributed by atoms with E-state index in [1.54, 1.807) is 29.5 Å². The highest BCUT2D eigenvalue weighted by molar-refractivity contribution is 6.36. The quantitative estimate of drug-likeness (QED) is 0.506. The van der Waals surface area contributed by atoms with E-state index in [1.807, 2.05) is 20.8 Å². The summed E-state index contributed by atoms with van der Waals surface area (Å²) in [6, 6.07) is 5.03. The van der Waals surface area contributed by atoms with Crippen LogP contribution in [0.1, 0.15) is 42.5 Å². The van der Waals surface area contributed by atoms with Gasteiger partial charge in [-0.25, -0.2) is 19.8 Å². The highest BCUT2D eigenvalue weighted by Crippen LogP contribution is 2.35. The summed E-state index contributed by atoms with van der Waals surface area (Å²) in [6.45, 7) is 7.24. The summed E-state index contributed by atoms with van der Waals surface area (Å²) in [4.78, 5) is 39.9. The summed E-state index contributed by atoms with van der Waals surface area (Å²) >= 11 is 12.7. The first-order valence-corrected chi connectivity index (χ1v) is 10.8. The average molecular weight is 494 g/mol. The first kappa shape index (κ1) is 24.8. The Morgan fingerprint density at radius 1 is 1.21 bits per heavy atom. The van der Waals surface area contributed by atoms with Crippen LogP contribution in [-0.4, -0.2) is 61.1 Å². The van der Waals surface area contributed by atoms with Gasteiger partial charge in [0.25, 0.3) is 5.91 Å². The van der Waals surface area contributed by atoms with Crippen LogP contribution in [0.2, 0.25) is 10.0 Å². The molecule has 0 aliphatic heterocycles. The molecule has 0 unspecified atom stereocenters. The van der Waals surface area contributed by atoms with Gasteiger partial charge in [-0.15, -0.1) is 0 Å². The molecule has 1 N–H and O–H groups in total. The summed E-state index contributed by atoms with van der Waals surface area (Å²) in [7, 11) is 2.85. The zero-order valence-electron chi connectivity index (χ0n) is 19.2. The summed E-state index contributed by atoms with van der Waals surface area (Å²) in [6.07, 6.45) is 0.462. The molecule has 0 aliphatic carbocycles. The second kappa shape index (κ2) is 9.17. The van der Waals surface area contributed by atoms with Crippen molar-refractivity contribution < 1.29 is 19.5 Å². The maximum Gasteiger partial charge on any atom is 0.408 e. The Hall–Kier alpha value is -2.88. The number of carbonyl (C=O) groups is 2. The van der Waals surface area contributed by atoms with Crippen LogP contribution in [0, 0.1) is 6.92 Å². The number of fused-ring (bicyclic) bond motifs is 1. The Morgan fingerprint density at radius 2 is 1.88 bits per heavy atom. The monoisotopic (exact) mass is 493 g/mol. The Morgan fingerprint density at radius 3 is 2.42 bits per heavy atom. The lowest BCUT2D eigenvalue weighted by atomic mass is 10.0. The SMILES string of the molecule is CON(C)C(=O)c1cn2c(-c3ccc(Cl)cc3Cl)c(CN(C(=O)O)C(C)(C)C)c(C)nc2n1. The van der Waals surface area contributed by atoms with Gasteiger partial charge in [0.1, 0.15) is 0 Å². The largest absolute Gasteiger partial charge is 0.465 e. The molecule has 2 aromatic heterocycles. The molecule has 9 nitrogen and oxygen atoms in total. The van der Waals surface area contributed by atoms with Crippen LogP contribution >= 0.6 is 23.2 Å². The van der Waals surface area contributed by atoms with Crippen molar-refractivity contribution in [1.29, 1.82) is 0 Å². The number of nitrogens with zero attached hydrogens (tertiary/aromatic N) is 5. The highest BCUT2D eigenvalue weighted by atomic mass is 35.5. The second-order valence-electron chi connectivity index (χ2n) is 8.47. The number of hydrogen-bond donors (Lipinski definition) is 1. The minimum Gasteiger partial charge on any atom is -0.465 e. The summed E-state index contributed by atoms with van der Waals surface area (Å²) in [5.41, 5.74) is 1.79. The third-order valence-corrected chi connectivity index (χ3v) is 5.79. The van der Waals surface area contributed by atoms with E-state index in [9.17, 15) is 14.7 Å². The fraction of sp³-hybridized carbons (Fsp3) is 0.364. The summed E-state index contributed by atoms with van der Waals surface area (Å²) < 4.78 is 1.64. The fourth-order valence-electron chi connectivity index (χ4n) is 3.41. The van der Waals surface area contributed by atoms with Crippen LogP contribution in [0.4, 0.5) is 4.79 Å². The Labute approximate surface area is 201 Å². The topological polar surface area (TPSA) is 100 Å². The van der Waals surface area contributed by atoms with E-state index in [0.29, 0.717) is 32.6 Å². The first-order valence-electron chi connectivity index (χ1n) is 10.0. The normalized spacial score (nSPS) is 11.6. The van der Waals surface area contributed by atoms with Crippen molar-refractivity contribution in [3.8, 4) is 11.3 Å². The van der Waals surface area contributed by atoms with E-state index in [-0.39, 0.29) is 18.0 Å². The molecule has 0 atom stereocenters. The van der Waals surface area contributed by atoms with Gasteiger partial charge in [-0.1, -0.05) is 23.2 Å². The van der Waals surface area contributed by atoms with Gasteiger partial charge in [-0.05, 0) is 45.9 Å². The Kier molecular flexibility index (Phi) is 6.88. The average Bonchev–Trinajstić information content (AvgIpc) is 3.13. The van der Waals surface area contributed by atoms with Gasteiger partial charge in [-0.2, -0.15) is 0 Å². The second-order valence-corrected chi connectivity index (χ2v) is 9.31. The van der Waals surface area contributed by atoms with Crippen molar-refractivity contribution in [2.45, 2.75) is 39.8 Å². The van der Waals surface area contributed by atoms with Crippen LogP contribution in [-0.2, 0) is 11.4 Å². The van der Waals surface area contributed by atoms with Crippen LogP contribution < -0.4 is 0 Å². The molecular weight excluding hydrogens is 469 g/mol. The zero-order valence-corrected chi connectivity index (χ0v) is 20.7. The molecular formula is C22H25Cl2N5O4. The Balaban J connectivity index is 2.34. The zero-order chi connectivity index (χ0) is 24.7. The smallest absolute Gasteiger partial charge is 0.408 e. The standard InChI is InChI=1S/C22H25Cl2N5O4/c1-12-15(10-29(21(31)32)22(2,3)4)18(14-8-7-13(23)9-16(14)24)28-11-17(26-20(28)25-12)19(30)27(5)33-6/h7-9,11H,10H2,1-6H3,(H,31,32). The van der Waals surface area contributed by atoms with Crippen molar-refractivity contribution in [2.24, 2.45) is 0 Å². The third kappa shape index (κ3) is 4.90. The van der Waals surface area contributed by atoms with Gasteiger partial charge in [-0.3, -0.25) is 18.9 Å². The minimum absolute atomic E-state index is 0.0430. The summed E-state index contributed by atoms with van der Waals surface area (Å²) in [5, 5.41) is 11.7. The maximum atomic E-state index is 12.6. The number of hydroxylamine groups is 2. The number of hydrogen-bond acceptors (Lipinski definition) is 5. The highest BCUT2D eigenvalue weighted by Gasteiger charge is 2.30. The lowest BCUT2D eigenvalue weighted by molar-refractivity contribution is -0.0760. The number of carboxylic acid groups (broad SMARTS) is 1. The van der Waals surface area contributed by atoms with E-state index in [2.05, 4.69) is 9.97 Å². The van der Waals surface area contributed by atoms with Crippen molar-refractivity contribution in [2.75, 3.05) is 14.2 Å². The number of amides is 2. The molecule has 3 rings (SSSR count). The molecule has 0 fully saturated rings. The molecule has 0 aliphatic rings. The predicted octanol–water partition coefficient (Wildman–Crippen LogP) is 4.92. The maximum absolute atomic E-state index is 12.6. The van der Waals surface area contributed by atoms with Crippen LogP contribution in [0.3, 0.4) is 0 Å². The van der Waals surface area contributed by atoms with Crippen molar-refractivity contribution in [3.05, 3.63) is 51.4 Å². The van der Waals surface area contributed by atoms with Crippen LogP contribution in [0.5, 0.6) is 0 Å². The number of halogens is 2. The molecule has 1 aromatic carbocycles. The molecule has 176 valence electrons. The van der Waals surface area contributed by atoms with Gasteiger partial charge >= 0.3 is 6.09 Å². The predicted molar refractivity (Wildman–Crippen MR) is 126 cm³/mol. The molecule has 2 amide bonds. The van der Waals surface area contributed by atoms with E-state index in [4.69, 9.17) is 28.0 Å². The minimum atomic E-state index is -1.07.